The Bertz CT molecular complexity index is 510. The molecule has 1 amide bonds. The van der Waals surface area contributed by atoms with Crippen molar-refractivity contribution in [1.82, 2.24) is 5.32 Å². The lowest BCUT2D eigenvalue weighted by Gasteiger charge is -2.25. The van der Waals surface area contributed by atoms with Gasteiger partial charge in [0, 0.05) is 24.7 Å². The Morgan fingerprint density at radius 1 is 1.35 bits per heavy atom. The fraction of sp³-hybridized carbons (Fsp3) is 0.500. The summed E-state index contributed by atoms with van der Waals surface area (Å²) >= 11 is 0. The van der Waals surface area contributed by atoms with Gasteiger partial charge in [0.05, 0.1) is 10.3 Å². The van der Waals surface area contributed by atoms with E-state index < -0.39 is 10.3 Å². The van der Waals surface area contributed by atoms with E-state index in [1.165, 1.54) is 6.07 Å². The van der Waals surface area contributed by atoms with Crippen LogP contribution in [0.4, 0.5) is 5.69 Å². The van der Waals surface area contributed by atoms with Crippen molar-refractivity contribution < 1.29 is 9.72 Å². The van der Waals surface area contributed by atoms with Gasteiger partial charge in [0.15, 0.2) is 0 Å². The van der Waals surface area contributed by atoms with Crippen molar-refractivity contribution in [2.75, 3.05) is 6.54 Å². The maximum Gasteiger partial charge on any atom is 0.274 e. The fourth-order valence-corrected chi connectivity index (χ4v) is 2.78. The normalized spacial score (nSPS) is 16.9. The van der Waals surface area contributed by atoms with Crippen LogP contribution in [0.1, 0.15) is 31.2 Å². The van der Waals surface area contributed by atoms with Gasteiger partial charge < -0.3 is 11.1 Å². The summed E-state index contributed by atoms with van der Waals surface area (Å²) in [5.74, 6) is -0.0874. The summed E-state index contributed by atoms with van der Waals surface area (Å²) in [6.07, 6.45) is 3.62. The highest BCUT2D eigenvalue weighted by Gasteiger charge is 2.39. The number of hydrogen-bond donors (Lipinski definition) is 2. The molecule has 0 spiro atoms. The average Bonchev–Trinajstić information content (AvgIpc) is 2.95. The number of nitro groups is 1. The van der Waals surface area contributed by atoms with E-state index in [0.29, 0.717) is 12.1 Å². The number of nitrogens with one attached hydrogen (secondary N) is 1. The van der Waals surface area contributed by atoms with Gasteiger partial charge in [-0.3, -0.25) is 14.9 Å². The Balaban J connectivity index is 2.05. The number of nitrogens with two attached hydrogens (primary N) is 1. The SMILES string of the molecule is NCC1(C(=O)NCc2ccccc2[N+](=O)[O-])CCCC1. The molecule has 6 nitrogen and oxygen atoms in total. The Morgan fingerprint density at radius 2 is 2.00 bits per heavy atom. The van der Waals surface area contributed by atoms with E-state index in [0.717, 1.165) is 25.7 Å². The lowest BCUT2D eigenvalue weighted by atomic mass is 9.85. The van der Waals surface area contributed by atoms with E-state index in [9.17, 15) is 14.9 Å². The number of benzene rings is 1. The summed E-state index contributed by atoms with van der Waals surface area (Å²) in [6, 6.07) is 6.43. The maximum absolute atomic E-state index is 12.3. The lowest BCUT2D eigenvalue weighted by molar-refractivity contribution is -0.385. The van der Waals surface area contributed by atoms with Crippen LogP contribution in [0.15, 0.2) is 24.3 Å². The van der Waals surface area contributed by atoms with Gasteiger partial charge in [0.2, 0.25) is 5.91 Å². The number of carbonyl (C=O) groups excluding carboxylic acids is 1. The summed E-state index contributed by atoms with van der Waals surface area (Å²) in [5.41, 5.74) is 5.80. The van der Waals surface area contributed by atoms with Crippen molar-refractivity contribution in [3.05, 3.63) is 39.9 Å². The van der Waals surface area contributed by atoms with Crippen molar-refractivity contribution in [2.45, 2.75) is 32.2 Å². The molecule has 108 valence electrons. The summed E-state index contributed by atoms with van der Waals surface area (Å²) < 4.78 is 0. The molecule has 6 heteroatoms. The van der Waals surface area contributed by atoms with Crippen molar-refractivity contribution in [3.63, 3.8) is 0 Å². The molecule has 3 N–H and O–H groups in total. The van der Waals surface area contributed by atoms with Crippen LogP contribution in [0.2, 0.25) is 0 Å². The van der Waals surface area contributed by atoms with Crippen LogP contribution in [0.3, 0.4) is 0 Å². The molecule has 1 aliphatic carbocycles. The Hall–Kier alpha value is -1.95. The number of carbonyl (C=O) groups is 1. The van der Waals surface area contributed by atoms with Gasteiger partial charge in [-0.2, -0.15) is 0 Å². The number of hydrogen-bond acceptors (Lipinski definition) is 4. The van der Waals surface area contributed by atoms with E-state index in [4.69, 9.17) is 5.73 Å². The molecule has 0 heterocycles. The molecule has 20 heavy (non-hydrogen) atoms. The second-order valence-electron chi connectivity index (χ2n) is 5.26. The van der Waals surface area contributed by atoms with Gasteiger partial charge >= 0.3 is 0 Å². The number of nitrogens with zero attached hydrogens (tertiary/aromatic N) is 1. The van der Waals surface area contributed by atoms with Gasteiger partial charge in [-0.15, -0.1) is 0 Å². The second-order valence-corrected chi connectivity index (χ2v) is 5.26. The van der Waals surface area contributed by atoms with Gasteiger partial charge in [-0.1, -0.05) is 31.0 Å². The zero-order valence-corrected chi connectivity index (χ0v) is 11.3. The van der Waals surface area contributed by atoms with E-state index in [1.807, 2.05) is 0 Å². The van der Waals surface area contributed by atoms with Gasteiger partial charge in [0.25, 0.3) is 5.69 Å². The molecular weight excluding hydrogens is 258 g/mol. The van der Waals surface area contributed by atoms with Crippen molar-refractivity contribution in [1.29, 1.82) is 0 Å². The first-order valence-corrected chi connectivity index (χ1v) is 6.80. The van der Waals surface area contributed by atoms with E-state index in [1.54, 1.807) is 18.2 Å². The Labute approximate surface area is 117 Å². The smallest absolute Gasteiger partial charge is 0.274 e. The summed E-state index contributed by atoms with van der Waals surface area (Å²) in [6.45, 7) is 0.494. The van der Waals surface area contributed by atoms with Crippen LogP contribution >= 0.6 is 0 Å². The molecule has 0 aliphatic heterocycles. The molecule has 1 aromatic rings. The van der Waals surface area contributed by atoms with Crippen LogP contribution < -0.4 is 11.1 Å². The zero-order valence-electron chi connectivity index (χ0n) is 11.3. The van der Waals surface area contributed by atoms with Crippen LogP contribution in [-0.2, 0) is 11.3 Å². The average molecular weight is 277 g/mol. The van der Waals surface area contributed by atoms with E-state index in [2.05, 4.69) is 5.32 Å². The number of amides is 1. The largest absolute Gasteiger partial charge is 0.351 e. The minimum Gasteiger partial charge on any atom is -0.351 e. The van der Waals surface area contributed by atoms with Crippen LogP contribution in [0, 0.1) is 15.5 Å². The monoisotopic (exact) mass is 277 g/mol. The highest BCUT2D eigenvalue weighted by molar-refractivity contribution is 5.83. The molecule has 1 aliphatic rings. The molecule has 0 aromatic heterocycles. The standard InChI is InChI=1S/C14H19N3O3/c15-10-14(7-3-4-8-14)13(18)16-9-11-5-1-2-6-12(11)17(19)20/h1-2,5-6H,3-4,7-10,15H2,(H,16,18). The first-order valence-electron chi connectivity index (χ1n) is 6.80. The molecular formula is C14H19N3O3. The first-order chi connectivity index (χ1) is 9.59. The van der Waals surface area contributed by atoms with Crippen LogP contribution in [-0.4, -0.2) is 17.4 Å². The minimum absolute atomic E-state index is 0.0287. The van der Waals surface area contributed by atoms with Crippen molar-refractivity contribution >= 4 is 11.6 Å². The molecule has 1 fully saturated rings. The summed E-state index contributed by atoms with van der Waals surface area (Å²) in [5, 5.41) is 13.7. The first kappa shape index (κ1) is 14.5. The highest BCUT2D eigenvalue weighted by Crippen LogP contribution is 2.37. The maximum atomic E-state index is 12.3. The molecule has 0 saturated heterocycles. The molecule has 0 radical (unpaired) electrons. The third kappa shape index (κ3) is 2.80. The second kappa shape index (κ2) is 6.00. The van der Waals surface area contributed by atoms with Crippen LogP contribution in [0.25, 0.3) is 0 Å². The Morgan fingerprint density at radius 3 is 2.60 bits per heavy atom. The molecule has 0 unspecified atom stereocenters. The zero-order chi connectivity index (χ0) is 14.6. The van der Waals surface area contributed by atoms with Gasteiger partial charge in [-0.25, -0.2) is 0 Å². The molecule has 1 saturated carbocycles. The highest BCUT2D eigenvalue weighted by atomic mass is 16.6. The molecule has 1 aromatic carbocycles. The number of nitro benzene ring substituents is 1. The number of rotatable bonds is 5. The van der Waals surface area contributed by atoms with Crippen molar-refractivity contribution in [2.24, 2.45) is 11.1 Å². The Kier molecular flexibility index (Phi) is 4.34. The lowest BCUT2D eigenvalue weighted by Crippen LogP contribution is -2.43. The van der Waals surface area contributed by atoms with E-state index in [-0.39, 0.29) is 18.1 Å². The van der Waals surface area contributed by atoms with Gasteiger partial charge in [-0.05, 0) is 12.8 Å². The quantitative estimate of drug-likeness (QED) is 0.632. The minimum atomic E-state index is -0.483. The third-order valence-corrected chi connectivity index (χ3v) is 4.06. The molecule has 0 bridgehead atoms. The van der Waals surface area contributed by atoms with Crippen LogP contribution in [0.5, 0.6) is 0 Å². The molecule has 2 rings (SSSR count). The topological polar surface area (TPSA) is 98.3 Å². The summed E-state index contributed by atoms with van der Waals surface area (Å²) in [4.78, 5) is 22.8. The number of para-hydroxylation sites is 1. The fourth-order valence-electron chi connectivity index (χ4n) is 2.78. The van der Waals surface area contributed by atoms with Crippen molar-refractivity contribution in [3.8, 4) is 0 Å². The third-order valence-electron chi connectivity index (χ3n) is 4.06. The predicted molar refractivity (Wildman–Crippen MR) is 74.9 cm³/mol. The molecule has 0 atom stereocenters. The predicted octanol–water partition coefficient (Wildman–Crippen LogP) is 1.73. The summed E-state index contributed by atoms with van der Waals surface area (Å²) in [7, 11) is 0. The van der Waals surface area contributed by atoms with E-state index >= 15 is 0 Å². The van der Waals surface area contributed by atoms with Gasteiger partial charge in [0.1, 0.15) is 0 Å².